The minimum Gasteiger partial charge on any atom is -0.454 e. The predicted octanol–water partition coefficient (Wildman–Crippen LogP) is 3.58. The Labute approximate surface area is 184 Å². The Morgan fingerprint density at radius 3 is 2.87 bits per heavy atom. The minimum atomic E-state index is -0.381. The Morgan fingerprint density at radius 2 is 2.00 bits per heavy atom. The van der Waals surface area contributed by atoms with E-state index in [2.05, 4.69) is 20.8 Å². The van der Waals surface area contributed by atoms with E-state index in [9.17, 15) is 9.59 Å². The van der Waals surface area contributed by atoms with Crippen molar-refractivity contribution in [3.63, 3.8) is 0 Å². The normalized spacial score (nSPS) is 11.9. The van der Waals surface area contributed by atoms with Gasteiger partial charge in [0.2, 0.25) is 17.7 Å². The second-order valence-electron chi connectivity index (χ2n) is 6.09. The van der Waals surface area contributed by atoms with Gasteiger partial charge in [-0.15, -0.1) is 10.2 Å². The Hall–Kier alpha value is -2.82. The lowest BCUT2D eigenvalue weighted by atomic mass is 10.2. The molecule has 2 heterocycles. The molecule has 0 spiro atoms. The fourth-order valence-electron chi connectivity index (χ4n) is 2.54. The largest absolute Gasteiger partial charge is 0.454 e. The van der Waals surface area contributed by atoms with Gasteiger partial charge in [-0.3, -0.25) is 9.59 Å². The molecule has 0 saturated heterocycles. The molecule has 2 N–H and O–H groups in total. The van der Waals surface area contributed by atoms with Crippen LogP contribution in [0.2, 0.25) is 5.02 Å². The molecule has 0 bridgehead atoms. The Bertz CT molecular complexity index is 1090. The second kappa shape index (κ2) is 9.33. The number of ether oxygens (including phenoxy) is 2. The number of thioether (sulfide) groups is 1. The van der Waals surface area contributed by atoms with Crippen LogP contribution in [0.15, 0.2) is 46.8 Å². The molecule has 0 atom stereocenters. The van der Waals surface area contributed by atoms with Crippen LogP contribution >= 0.6 is 34.7 Å². The summed E-state index contributed by atoms with van der Waals surface area (Å²) in [5.74, 6) is 1.00. The molecule has 8 nitrogen and oxygen atoms in total. The molecule has 0 saturated carbocycles. The average molecular weight is 463 g/mol. The number of amides is 2. The van der Waals surface area contributed by atoms with E-state index >= 15 is 0 Å². The van der Waals surface area contributed by atoms with Crippen molar-refractivity contribution in [1.82, 2.24) is 15.5 Å². The van der Waals surface area contributed by atoms with Crippen molar-refractivity contribution in [2.45, 2.75) is 10.9 Å². The molecular weight excluding hydrogens is 448 g/mol. The zero-order valence-corrected chi connectivity index (χ0v) is 17.8. The van der Waals surface area contributed by atoms with Crippen molar-refractivity contribution in [3.8, 4) is 11.5 Å². The summed E-state index contributed by atoms with van der Waals surface area (Å²) in [4.78, 5) is 24.4. The number of aromatic nitrogens is 2. The molecule has 30 heavy (non-hydrogen) atoms. The van der Waals surface area contributed by atoms with Gasteiger partial charge in [-0.05, 0) is 35.9 Å². The van der Waals surface area contributed by atoms with Crippen molar-refractivity contribution in [2.75, 3.05) is 17.9 Å². The number of nitrogens with zero attached hydrogens (tertiary/aromatic N) is 2. The molecule has 1 aromatic heterocycles. The quantitative estimate of drug-likeness (QED) is 0.517. The van der Waals surface area contributed by atoms with Crippen LogP contribution in [0.25, 0.3) is 0 Å². The Kier molecular flexibility index (Phi) is 6.36. The second-order valence-corrected chi connectivity index (χ2v) is 8.73. The standard InChI is InChI=1S/C19H15ClN4O4S2/c20-12-2-1-3-13(7-12)22-17(26)18-23-24-19(30-18)29-9-16(25)21-8-11-4-5-14-15(6-11)28-10-27-14/h1-7H,8-10H2,(H,21,25)(H,22,26). The number of carbonyl (C=O) groups excluding carboxylic acids is 2. The highest BCUT2D eigenvalue weighted by atomic mass is 35.5. The topological polar surface area (TPSA) is 102 Å². The molecular formula is C19H15ClN4O4S2. The maximum atomic E-state index is 12.3. The van der Waals surface area contributed by atoms with Gasteiger partial charge in [-0.1, -0.05) is 46.8 Å². The van der Waals surface area contributed by atoms with Crippen LogP contribution in [0.4, 0.5) is 5.69 Å². The number of halogens is 1. The third-order valence-corrected chi connectivity index (χ3v) is 6.23. The van der Waals surface area contributed by atoms with Gasteiger partial charge in [0, 0.05) is 17.3 Å². The summed E-state index contributed by atoms with van der Waals surface area (Å²) in [6.45, 7) is 0.586. The summed E-state index contributed by atoms with van der Waals surface area (Å²) in [6, 6.07) is 12.3. The SMILES string of the molecule is O=C(CSc1nnc(C(=O)Nc2cccc(Cl)c2)s1)NCc1ccc2c(c1)OCO2. The molecule has 0 radical (unpaired) electrons. The van der Waals surface area contributed by atoms with Gasteiger partial charge in [0.15, 0.2) is 15.8 Å². The first kappa shape index (κ1) is 20.5. The fraction of sp³-hybridized carbons (Fsp3) is 0.158. The summed E-state index contributed by atoms with van der Waals surface area (Å²) in [6.07, 6.45) is 0. The highest BCUT2D eigenvalue weighted by Gasteiger charge is 2.16. The summed E-state index contributed by atoms with van der Waals surface area (Å²) in [5, 5.41) is 14.1. The van der Waals surface area contributed by atoms with Crippen molar-refractivity contribution in [3.05, 3.63) is 58.1 Å². The summed E-state index contributed by atoms with van der Waals surface area (Å²) in [5.41, 5.74) is 1.48. The number of benzene rings is 2. The van der Waals surface area contributed by atoms with E-state index in [4.69, 9.17) is 21.1 Å². The Morgan fingerprint density at radius 1 is 1.13 bits per heavy atom. The molecule has 3 aromatic rings. The van der Waals surface area contributed by atoms with E-state index in [0.29, 0.717) is 33.1 Å². The maximum absolute atomic E-state index is 12.3. The van der Waals surface area contributed by atoms with E-state index in [1.165, 1.54) is 11.8 Å². The smallest absolute Gasteiger partial charge is 0.286 e. The van der Waals surface area contributed by atoms with Gasteiger partial charge in [0.25, 0.3) is 5.91 Å². The van der Waals surface area contributed by atoms with Gasteiger partial charge >= 0.3 is 0 Å². The third-order valence-electron chi connectivity index (χ3n) is 3.94. The van der Waals surface area contributed by atoms with E-state index in [1.807, 2.05) is 18.2 Å². The fourth-order valence-corrected chi connectivity index (χ4v) is 4.31. The number of carbonyl (C=O) groups is 2. The van der Waals surface area contributed by atoms with Crippen LogP contribution in [-0.2, 0) is 11.3 Å². The van der Waals surface area contributed by atoms with Crippen molar-refractivity contribution < 1.29 is 19.1 Å². The van der Waals surface area contributed by atoms with Gasteiger partial charge < -0.3 is 20.1 Å². The first-order valence-corrected chi connectivity index (χ1v) is 10.9. The summed E-state index contributed by atoms with van der Waals surface area (Å²) in [7, 11) is 0. The van der Waals surface area contributed by atoms with Crippen molar-refractivity contribution >= 4 is 52.2 Å². The summed E-state index contributed by atoms with van der Waals surface area (Å²) < 4.78 is 11.1. The zero-order chi connectivity index (χ0) is 20.9. The first-order chi connectivity index (χ1) is 14.6. The molecule has 0 fully saturated rings. The zero-order valence-electron chi connectivity index (χ0n) is 15.4. The van der Waals surface area contributed by atoms with E-state index in [0.717, 1.165) is 16.9 Å². The van der Waals surface area contributed by atoms with Crippen LogP contribution in [0, 0.1) is 0 Å². The molecule has 2 amide bonds. The van der Waals surface area contributed by atoms with E-state index in [-0.39, 0.29) is 29.4 Å². The van der Waals surface area contributed by atoms with E-state index < -0.39 is 0 Å². The number of fused-ring (bicyclic) bond motifs is 1. The summed E-state index contributed by atoms with van der Waals surface area (Å²) >= 11 is 8.25. The lowest BCUT2D eigenvalue weighted by Gasteiger charge is -2.05. The minimum absolute atomic E-state index is 0.155. The molecule has 2 aromatic carbocycles. The van der Waals surface area contributed by atoms with Crippen molar-refractivity contribution in [1.29, 1.82) is 0 Å². The van der Waals surface area contributed by atoms with E-state index in [1.54, 1.807) is 24.3 Å². The lowest BCUT2D eigenvalue weighted by molar-refractivity contribution is -0.118. The van der Waals surface area contributed by atoms with Gasteiger partial charge in [-0.2, -0.15) is 0 Å². The molecule has 0 unspecified atom stereocenters. The molecule has 154 valence electrons. The number of anilines is 1. The van der Waals surface area contributed by atoms with Crippen LogP contribution < -0.4 is 20.1 Å². The number of rotatable bonds is 7. The molecule has 1 aliphatic heterocycles. The van der Waals surface area contributed by atoms with Crippen molar-refractivity contribution in [2.24, 2.45) is 0 Å². The van der Waals surface area contributed by atoms with Crippen LogP contribution in [0.3, 0.4) is 0 Å². The molecule has 11 heteroatoms. The highest BCUT2D eigenvalue weighted by Crippen LogP contribution is 2.32. The first-order valence-electron chi connectivity index (χ1n) is 8.75. The van der Waals surface area contributed by atoms with Crippen LogP contribution in [0.1, 0.15) is 15.4 Å². The number of hydrogen-bond acceptors (Lipinski definition) is 8. The van der Waals surface area contributed by atoms with Crippen LogP contribution in [-0.4, -0.2) is 34.6 Å². The van der Waals surface area contributed by atoms with Gasteiger partial charge in [0.1, 0.15) is 0 Å². The Balaban J connectivity index is 1.24. The monoisotopic (exact) mass is 462 g/mol. The predicted molar refractivity (Wildman–Crippen MR) is 114 cm³/mol. The lowest BCUT2D eigenvalue weighted by Crippen LogP contribution is -2.24. The average Bonchev–Trinajstić information content (AvgIpc) is 3.39. The molecule has 0 aliphatic carbocycles. The number of hydrogen-bond donors (Lipinski definition) is 2. The van der Waals surface area contributed by atoms with Gasteiger partial charge in [-0.25, -0.2) is 0 Å². The highest BCUT2D eigenvalue weighted by molar-refractivity contribution is 8.01. The third kappa shape index (κ3) is 5.21. The molecule has 1 aliphatic rings. The molecule has 4 rings (SSSR count). The maximum Gasteiger partial charge on any atom is 0.286 e. The van der Waals surface area contributed by atoms with Gasteiger partial charge in [0.05, 0.1) is 5.75 Å². The number of nitrogens with one attached hydrogen (secondary N) is 2. The van der Waals surface area contributed by atoms with Crippen LogP contribution in [0.5, 0.6) is 11.5 Å².